The van der Waals surface area contributed by atoms with Crippen LogP contribution in [0.2, 0.25) is 0 Å². The molecule has 0 bridgehead atoms. The molecule has 0 aliphatic heterocycles. The van der Waals surface area contributed by atoms with Crippen LogP contribution in [-0.4, -0.2) is 19.6 Å². The largest absolute Gasteiger partial charge is 0.507 e. The van der Waals surface area contributed by atoms with Crippen LogP contribution in [0, 0.1) is 0 Å². The van der Waals surface area contributed by atoms with Gasteiger partial charge in [-0.05, 0) is 103 Å². The van der Waals surface area contributed by atoms with E-state index in [4.69, 9.17) is 9.97 Å². The summed E-state index contributed by atoms with van der Waals surface area (Å²) in [5.74, 6) is 0.0828. The van der Waals surface area contributed by atoms with Crippen molar-refractivity contribution in [1.29, 1.82) is 0 Å². The molecule has 1 N–H and O–H groups in total. The third-order valence-electron chi connectivity index (χ3n) is 12.7. The van der Waals surface area contributed by atoms with E-state index in [1.807, 2.05) is 43.5 Å². The van der Waals surface area contributed by atoms with Gasteiger partial charge in [-0.25, -0.2) is 4.98 Å². The average molecular weight is 839 g/mol. The Morgan fingerprint density at radius 3 is 1.91 bits per heavy atom. The fourth-order valence-corrected chi connectivity index (χ4v) is 8.87. The topological polar surface area (TPSA) is 50.9 Å². The lowest BCUT2D eigenvalue weighted by Gasteiger charge is -2.27. The number of phenolic OH excluding ortho intramolecular Hbond substituents is 1. The van der Waals surface area contributed by atoms with Gasteiger partial charge in [-0.2, -0.15) is 0 Å². The van der Waals surface area contributed by atoms with E-state index in [1.165, 1.54) is 5.56 Å². The van der Waals surface area contributed by atoms with Crippen LogP contribution >= 0.6 is 0 Å². The van der Waals surface area contributed by atoms with E-state index in [2.05, 4.69) is 194 Å². The number of benzene rings is 7. The summed E-state index contributed by atoms with van der Waals surface area (Å²) in [7, 11) is 0. The number of aromatic hydroxyl groups is 1. The highest BCUT2D eigenvalue weighted by Crippen LogP contribution is 2.45. The Morgan fingerprint density at radius 2 is 1.19 bits per heavy atom. The zero-order valence-electron chi connectivity index (χ0n) is 39.9. The number of fused-ring (bicyclic) bond motifs is 2. The first kappa shape index (κ1) is 41.2. The average Bonchev–Trinajstić information content (AvgIpc) is 3.67. The Kier molecular flexibility index (Phi) is 10.4. The van der Waals surface area contributed by atoms with Crippen molar-refractivity contribution >= 4 is 21.8 Å². The van der Waals surface area contributed by atoms with Gasteiger partial charge in [0.05, 0.1) is 28.0 Å². The highest BCUT2D eigenvalue weighted by Gasteiger charge is 2.29. The second-order valence-electron chi connectivity index (χ2n) is 20.4. The molecule has 64 heavy (non-hydrogen) atoms. The molecule has 320 valence electrons. The number of rotatable bonds is 7. The molecule has 0 spiro atoms. The Balaban J connectivity index is 1.24. The fourth-order valence-electron chi connectivity index (χ4n) is 8.87. The van der Waals surface area contributed by atoms with Crippen LogP contribution in [0.15, 0.2) is 164 Å². The van der Waals surface area contributed by atoms with Gasteiger partial charge in [0, 0.05) is 35.5 Å². The minimum Gasteiger partial charge on any atom is -0.507 e. The summed E-state index contributed by atoms with van der Waals surface area (Å²) in [4.78, 5) is 10.6. The Labute approximate surface area is 380 Å². The van der Waals surface area contributed by atoms with Gasteiger partial charge >= 0.3 is 0 Å². The minimum absolute atomic E-state index is 0.163. The summed E-state index contributed by atoms with van der Waals surface area (Å²) < 4.78 is 11.5. The fraction of sp³-hybridized carbons (Fsp3) is 0.233. The van der Waals surface area contributed by atoms with Gasteiger partial charge in [0.25, 0.3) is 0 Å². The number of hydrogen-bond acceptors (Lipinski definition) is 3. The highest BCUT2D eigenvalue weighted by molar-refractivity contribution is 6.00. The Morgan fingerprint density at radius 1 is 0.547 bits per heavy atom. The van der Waals surface area contributed by atoms with Crippen LogP contribution in [-0.2, 0) is 16.2 Å². The third-order valence-corrected chi connectivity index (χ3v) is 12.7. The molecule has 4 heteroatoms. The molecule has 4 nitrogen and oxygen atoms in total. The van der Waals surface area contributed by atoms with Crippen molar-refractivity contribution < 1.29 is 6.48 Å². The predicted octanol–water partition coefficient (Wildman–Crippen LogP) is 16.0. The van der Waals surface area contributed by atoms with Crippen molar-refractivity contribution in [3.05, 3.63) is 192 Å². The smallest absolute Gasteiger partial charge is 0.149 e. The van der Waals surface area contributed by atoms with E-state index >= 15 is 0 Å². The molecule has 1 atom stereocenters. The van der Waals surface area contributed by atoms with E-state index in [0.717, 1.165) is 83.3 Å². The van der Waals surface area contributed by atoms with Crippen LogP contribution in [0.1, 0.15) is 104 Å². The molecule has 1 unspecified atom stereocenters. The molecule has 2 heterocycles. The molecule has 0 aliphatic carbocycles. The van der Waals surface area contributed by atoms with Crippen LogP contribution in [0.25, 0.3) is 72.4 Å². The molecule has 9 aromatic rings. The molecule has 0 radical (unpaired) electrons. The van der Waals surface area contributed by atoms with E-state index in [-0.39, 0.29) is 22.0 Å². The normalized spacial score (nSPS) is 13.6. The first-order valence-electron chi connectivity index (χ1n) is 23.0. The summed E-state index contributed by atoms with van der Waals surface area (Å²) in [6, 6.07) is 55.1. The molecule has 0 saturated heterocycles. The molecule has 9 rings (SSSR count). The van der Waals surface area contributed by atoms with Gasteiger partial charge < -0.3 is 5.11 Å². The number of hydrogen-bond donors (Lipinski definition) is 1. The maximum Gasteiger partial charge on any atom is 0.149 e. The lowest BCUT2D eigenvalue weighted by molar-refractivity contribution is 0.446. The second kappa shape index (κ2) is 16.1. The maximum atomic E-state index is 12.4. The maximum absolute atomic E-state index is 12.4. The van der Waals surface area contributed by atoms with Gasteiger partial charge in [0.2, 0.25) is 0 Å². The summed E-state index contributed by atoms with van der Waals surface area (Å²) in [6.07, 6.45) is 1.89. The van der Waals surface area contributed by atoms with Crippen molar-refractivity contribution in [2.75, 3.05) is 0 Å². The number of imidazole rings is 1. The molecule has 2 aromatic heterocycles. The van der Waals surface area contributed by atoms with Crippen molar-refractivity contribution in [1.82, 2.24) is 14.5 Å². The van der Waals surface area contributed by atoms with Gasteiger partial charge in [-0.3, -0.25) is 9.55 Å². The van der Waals surface area contributed by atoms with E-state index in [9.17, 15) is 6.48 Å². The molecule has 0 amide bonds. The lowest BCUT2D eigenvalue weighted by Crippen LogP contribution is -2.17. The minimum atomic E-state index is -0.868. The number of pyridine rings is 1. The third kappa shape index (κ3) is 8.03. The summed E-state index contributed by atoms with van der Waals surface area (Å²) in [5.41, 5.74) is 14.1. The first-order valence-corrected chi connectivity index (χ1v) is 22.5. The first-order chi connectivity index (χ1) is 30.8. The number of phenols is 1. The molecular weight excluding hydrogens is 779 g/mol. The van der Waals surface area contributed by atoms with Crippen molar-refractivity contribution in [2.45, 2.75) is 91.4 Å². The van der Waals surface area contributed by atoms with Crippen LogP contribution in [0.4, 0.5) is 0 Å². The monoisotopic (exact) mass is 838 g/mol. The number of para-hydroxylation sites is 1. The SMILES string of the molecule is [2H]C(C)(c1ccccc1)c1ccc(-c2ccnc(-c3cc(-c4cccc5c4nc(-c4cc(C(C)(C)C)cc(C(C)(C)C)c4O)n5-c4cccc5ccccc45)cc(C(C)(C)C)c3)c2)cc1. The van der Waals surface area contributed by atoms with E-state index in [0.29, 0.717) is 11.4 Å². The van der Waals surface area contributed by atoms with Crippen molar-refractivity contribution in [3.63, 3.8) is 0 Å². The zero-order chi connectivity index (χ0) is 46.1. The quantitative estimate of drug-likeness (QED) is 0.174. The van der Waals surface area contributed by atoms with E-state index in [1.54, 1.807) is 0 Å². The molecule has 0 aliphatic rings. The number of aromatic nitrogens is 3. The van der Waals surface area contributed by atoms with Crippen molar-refractivity contribution in [3.8, 4) is 56.3 Å². The summed E-state index contributed by atoms with van der Waals surface area (Å²) in [5, 5.41) is 14.6. The van der Waals surface area contributed by atoms with Crippen LogP contribution < -0.4 is 0 Å². The van der Waals surface area contributed by atoms with Gasteiger partial charge in [0.1, 0.15) is 11.6 Å². The lowest BCUT2D eigenvalue weighted by atomic mass is 9.79. The van der Waals surface area contributed by atoms with E-state index < -0.39 is 5.89 Å². The summed E-state index contributed by atoms with van der Waals surface area (Å²) in [6.45, 7) is 21.9. The standard InChI is InChI=1S/C60H59N3O/c1-38(39-18-12-11-13-19-39)40-26-28-41(29-27-40)43-30-31-61-52(35-43)45-32-44(33-46(34-45)58(2,3)4)49-23-17-25-54-55(49)62-57(63(54)53-24-16-21-42-20-14-15-22-48(42)53)50-36-47(59(5,6)7)37-51(56(50)64)60(8,9)10/h11-38,64H,1-10H3/i38D. The number of nitrogens with zero attached hydrogens (tertiary/aromatic N) is 3. The molecular formula is C60H59N3O. The molecule has 7 aromatic carbocycles. The predicted molar refractivity (Wildman–Crippen MR) is 270 cm³/mol. The summed E-state index contributed by atoms with van der Waals surface area (Å²) >= 11 is 0. The van der Waals surface area contributed by atoms with Crippen LogP contribution in [0.5, 0.6) is 5.75 Å². The van der Waals surface area contributed by atoms with Gasteiger partial charge in [0.15, 0.2) is 0 Å². The highest BCUT2D eigenvalue weighted by atomic mass is 16.3. The van der Waals surface area contributed by atoms with Crippen molar-refractivity contribution in [2.24, 2.45) is 0 Å². The Hall–Kier alpha value is -6.78. The second-order valence-corrected chi connectivity index (χ2v) is 20.4. The van der Waals surface area contributed by atoms with Gasteiger partial charge in [-0.1, -0.05) is 184 Å². The molecule has 0 saturated carbocycles. The molecule has 0 fully saturated rings. The van der Waals surface area contributed by atoms with Gasteiger partial charge in [-0.15, -0.1) is 0 Å². The Bertz CT molecular complexity index is 3220. The zero-order valence-corrected chi connectivity index (χ0v) is 38.9. The van der Waals surface area contributed by atoms with Crippen LogP contribution in [0.3, 0.4) is 0 Å².